The summed E-state index contributed by atoms with van der Waals surface area (Å²) in [4.78, 5) is 19.1. The highest BCUT2D eigenvalue weighted by Crippen LogP contribution is 2.32. The molecule has 7 heteroatoms. The Balaban J connectivity index is 1.06. The number of carbonyl (C=O) groups excluding carboxylic acids is 1. The summed E-state index contributed by atoms with van der Waals surface area (Å²) in [5, 5.41) is 0. The van der Waals surface area contributed by atoms with E-state index in [-0.39, 0.29) is 5.97 Å². The normalized spacial score (nSPS) is 16.1. The van der Waals surface area contributed by atoms with Gasteiger partial charge >= 0.3 is 5.97 Å². The Morgan fingerprint density at radius 3 is 1.66 bits per heavy atom. The smallest absolute Gasteiger partial charge is 0.337 e. The Labute approximate surface area is 244 Å². The SMILES string of the molecule is COCCCCOc1ccc(C2CCN(c3ccc(N4CCN(c5ccc(C(=O)OC)cc5)CC4)cc3)CC2)cc1. The van der Waals surface area contributed by atoms with Crippen LogP contribution in [-0.4, -0.2) is 72.7 Å². The molecule has 5 rings (SSSR count). The maximum atomic E-state index is 11.7. The first-order valence-electron chi connectivity index (χ1n) is 14.9. The fourth-order valence-electron chi connectivity index (χ4n) is 5.87. The minimum absolute atomic E-state index is 0.296. The summed E-state index contributed by atoms with van der Waals surface area (Å²) in [5.74, 6) is 1.27. The van der Waals surface area contributed by atoms with E-state index in [2.05, 4.69) is 63.2 Å². The third-order valence-electron chi connectivity index (χ3n) is 8.37. The predicted molar refractivity (Wildman–Crippen MR) is 166 cm³/mol. The van der Waals surface area contributed by atoms with Crippen molar-refractivity contribution in [2.45, 2.75) is 31.6 Å². The number of anilines is 3. The summed E-state index contributed by atoms with van der Waals surface area (Å²) in [7, 11) is 3.15. The van der Waals surface area contributed by atoms with Gasteiger partial charge in [-0.1, -0.05) is 12.1 Å². The molecule has 0 aromatic heterocycles. The fraction of sp³-hybridized carbons (Fsp3) is 0.441. The van der Waals surface area contributed by atoms with Crippen LogP contribution in [0.5, 0.6) is 5.75 Å². The van der Waals surface area contributed by atoms with E-state index in [1.807, 2.05) is 24.3 Å². The van der Waals surface area contributed by atoms with E-state index in [1.165, 1.54) is 36.9 Å². The van der Waals surface area contributed by atoms with Crippen LogP contribution in [0.15, 0.2) is 72.8 Å². The van der Waals surface area contributed by atoms with Crippen LogP contribution in [0.25, 0.3) is 0 Å². The zero-order valence-electron chi connectivity index (χ0n) is 24.5. The predicted octanol–water partition coefficient (Wildman–Crippen LogP) is 5.99. The molecule has 0 N–H and O–H groups in total. The van der Waals surface area contributed by atoms with Gasteiger partial charge < -0.3 is 28.9 Å². The van der Waals surface area contributed by atoms with E-state index >= 15 is 0 Å². The Morgan fingerprint density at radius 1 is 0.659 bits per heavy atom. The lowest BCUT2D eigenvalue weighted by atomic mass is 9.89. The molecule has 0 bridgehead atoms. The molecule has 0 unspecified atom stereocenters. The quantitative estimate of drug-likeness (QED) is 0.212. The van der Waals surface area contributed by atoms with Crippen molar-refractivity contribution in [1.29, 1.82) is 0 Å². The highest BCUT2D eigenvalue weighted by atomic mass is 16.5. The maximum absolute atomic E-state index is 11.7. The molecule has 0 saturated carbocycles. The van der Waals surface area contributed by atoms with Crippen LogP contribution in [-0.2, 0) is 9.47 Å². The molecule has 41 heavy (non-hydrogen) atoms. The summed E-state index contributed by atoms with van der Waals surface area (Å²) < 4.78 is 15.8. The molecule has 0 radical (unpaired) electrons. The van der Waals surface area contributed by atoms with Crippen molar-refractivity contribution in [3.63, 3.8) is 0 Å². The second kappa shape index (κ2) is 14.3. The van der Waals surface area contributed by atoms with Gasteiger partial charge in [-0.05, 0) is 97.8 Å². The van der Waals surface area contributed by atoms with Gasteiger partial charge in [-0.25, -0.2) is 4.79 Å². The molecule has 0 amide bonds. The van der Waals surface area contributed by atoms with E-state index < -0.39 is 0 Å². The number of methoxy groups -OCH3 is 2. The largest absolute Gasteiger partial charge is 0.494 e. The lowest BCUT2D eigenvalue weighted by Gasteiger charge is -2.38. The number of hydrogen-bond donors (Lipinski definition) is 0. The van der Waals surface area contributed by atoms with Crippen molar-refractivity contribution < 1.29 is 19.0 Å². The van der Waals surface area contributed by atoms with Crippen LogP contribution < -0.4 is 19.4 Å². The third-order valence-corrected chi connectivity index (χ3v) is 8.37. The molecular weight excluding hydrogens is 514 g/mol. The number of unbranched alkanes of at least 4 members (excludes halogenated alkanes) is 1. The van der Waals surface area contributed by atoms with E-state index in [0.717, 1.165) is 76.8 Å². The number of ether oxygens (including phenoxy) is 3. The molecule has 2 saturated heterocycles. The van der Waals surface area contributed by atoms with Crippen LogP contribution >= 0.6 is 0 Å². The number of benzene rings is 3. The molecule has 0 spiro atoms. The number of carbonyl (C=O) groups is 1. The molecule has 0 aliphatic carbocycles. The highest BCUT2D eigenvalue weighted by molar-refractivity contribution is 5.89. The molecular formula is C34H43N3O4. The minimum Gasteiger partial charge on any atom is -0.494 e. The van der Waals surface area contributed by atoms with Crippen molar-refractivity contribution in [2.75, 3.05) is 81.4 Å². The van der Waals surface area contributed by atoms with Gasteiger partial charge in [-0.2, -0.15) is 0 Å². The number of piperidine rings is 1. The highest BCUT2D eigenvalue weighted by Gasteiger charge is 2.22. The average Bonchev–Trinajstić information content (AvgIpc) is 3.05. The number of nitrogens with zero attached hydrogens (tertiary/aromatic N) is 3. The van der Waals surface area contributed by atoms with Crippen molar-refractivity contribution in [3.05, 3.63) is 83.9 Å². The Bertz CT molecular complexity index is 1210. The number of rotatable bonds is 11. The molecule has 0 atom stereocenters. The van der Waals surface area contributed by atoms with Gasteiger partial charge in [-0.3, -0.25) is 0 Å². The maximum Gasteiger partial charge on any atom is 0.337 e. The van der Waals surface area contributed by atoms with Gasteiger partial charge in [0.25, 0.3) is 0 Å². The van der Waals surface area contributed by atoms with E-state index in [9.17, 15) is 4.79 Å². The molecule has 3 aromatic rings. The average molecular weight is 558 g/mol. The van der Waals surface area contributed by atoms with Gasteiger partial charge in [0.1, 0.15) is 5.75 Å². The van der Waals surface area contributed by atoms with Gasteiger partial charge in [0.15, 0.2) is 0 Å². The topological polar surface area (TPSA) is 54.5 Å². The standard InChI is InChI=1S/C34H43N3O4/c1-39-25-3-4-26-41-33-15-7-27(8-16-33)28-17-19-35(20-18-28)31-11-13-32(14-12-31)37-23-21-36(22-24-37)30-9-5-29(6-10-30)34(38)40-2/h5-16,28H,3-4,17-26H2,1-2H3. The summed E-state index contributed by atoms with van der Waals surface area (Å²) in [6, 6.07) is 25.6. The van der Waals surface area contributed by atoms with Crippen molar-refractivity contribution in [1.82, 2.24) is 0 Å². The Kier molecular flexibility index (Phi) is 10.0. The van der Waals surface area contributed by atoms with E-state index in [1.54, 1.807) is 7.11 Å². The molecule has 2 aliphatic rings. The zero-order valence-corrected chi connectivity index (χ0v) is 24.5. The van der Waals surface area contributed by atoms with Crippen LogP contribution in [0.3, 0.4) is 0 Å². The zero-order chi connectivity index (χ0) is 28.4. The summed E-state index contributed by atoms with van der Waals surface area (Å²) >= 11 is 0. The Morgan fingerprint density at radius 2 is 1.15 bits per heavy atom. The summed E-state index contributed by atoms with van der Waals surface area (Å²) in [5.41, 5.74) is 5.75. The van der Waals surface area contributed by atoms with E-state index in [0.29, 0.717) is 11.5 Å². The van der Waals surface area contributed by atoms with Crippen LogP contribution in [0.1, 0.15) is 47.5 Å². The molecule has 2 fully saturated rings. The Hall–Kier alpha value is -3.71. The molecule has 3 aromatic carbocycles. The van der Waals surface area contributed by atoms with Crippen molar-refractivity contribution in [2.24, 2.45) is 0 Å². The number of hydrogen-bond acceptors (Lipinski definition) is 7. The third kappa shape index (κ3) is 7.53. The van der Waals surface area contributed by atoms with Crippen LogP contribution in [0.2, 0.25) is 0 Å². The summed E-state index contributed by atoms with van der Waals surface area (Å²) in [6.45, 7) is 7.54. The molecule has 2 aliphatic heterocycles. The van der Waals surface area contributed by atoms with Gasteiger partial charge in [-0.15, -0.1) is 0 Å². The fourth-order valence-corrected chi connectivity index (χ4v) is 5.87. The van der Waals surface area contributed by atoms with Crippen LogP contribution in [0.4, 0.5) is 17.1 Å². The van der Waals surface area contributed by atoms with Crippen molar-refractivity contribution in [3.8, 4) is 5.75 Å². The first-order valence-corrected chi connectivity index (χ1v) is 14.9. The minimum atomic E-state index is -0.296. The van der Waals surface area contributed by atoms with Gasteiger partial charge in [0, 0.05) is 70.0 Å². The first-order chi connectivity index (χ1) is 20.1. The van der Waals surface area contributed by atoms with Crippen molar-refractivity contribution >= 4 is 23.0 Å². The molecule has 218 valence electrons. The lowest BCUT2D eigenvalue weighted by Crippen LogP contribution is -2.46. The number of esters is 1. The van der Waals surface area contributed by atoms with Crippen LogP contribution in [0, 0.1) is 0 Å². The monoisotopic (exact) mass is 557 g/mol. The second-order valence-electron chi connectivity index (χ2n) is 10.9. The van der Waals surface area contributed by atoms with Gasteiger partial charge in [0.05, 0.1) is 19.3 Å². The second-order valence-corrected chi connectivity index (χ2v) is 10.9. The summed E-state index contributed by atoms with van der Waals surface area (Å²) in [6.07, 6.45) is 4.38. The van der Waals surface area contributed by atoms with Gasteiger partial charge in [0.2, 0.25) is 0 Å². The molecule has 7 nitrogen and oxygen atoms in total. The number of piperazine rings is 1. The first kappa shape index (κ1) is 28.8. The molecule has 2 heterocycles. The lowest BCUT2D eigenvalue weighted by molar-refractivity contribution is 0.0600. The van der Waals surface area contributed by atoms with E-state index in [4.69, 9.17) is 14.2 Å².